The highest BCUT2D eigenvalue weighted by Gasteiger charge is 2.67. The third kappa shape index (κ3) is 3.77. The molecule has 25 heavy (non-hydrogen) atoms. The topological polar surface area (TPSA) is 60.4 Å². The summed E-state index contributed by atoms with van der Waals surface area (Å²) in [5, 5.41) is 0. The summed E-state index contributed by atoms with van der Waals surface area (Å²) in [4.78, 5) is 24.8. The number of ketones is 1. The molecule has 0 aliphatic rings. The fraction of sp³-hybridized carbons (Fsp3) is 0.176. The molecule has 2 aromatic carbocycles. The third-order valence-corrected chi connectivity index (χ3v) is 3.50. The van der Waals surface area contributed by atoms with Crippen LogP contribution in [0.3, 0.4) is 0 Å². The molecule has 0 saturated heterocycles. The summed E-state index contributed by atoms with van der Waals surface area (Å²) in [5.74, 6) is -3.03. The minimum Gasteiger partial charge on any atom is -0.468 e. The number of hydrogen-bond donors (Lipinski definition) is 0. The van der Waals surface area contributed by atoms with E-state index in [1.165, 1.54) is 42.5 Å². The number of benzene rings is 2. The number of halogens is 3. The predicted molar refractivity (Wildman–Crippen MR) is 86.0 cm³/mol. The lowest BCUT2D eigenvalue weighted by molar-refractivity contribution is -0.195. The van der Waals surface area contributed by atoms with E-state index >= 15 is 0 Å². The first-order chi connectivity index (χ1) is 11.9. The zero-order chi connectivity index (χ0) is 19.1. The fourth-order valence-electron chi connectivity index (χ4n) is 2.40. The second-order valence-corrected chi connectivity index (χ2v) is 4.80. The molecule has 2 rings (SSSR count). The van der Waals surface area contributed by atoms with Gasteiger partial charge in [-0.2, -0.15) is 13.2 Å². The van der Waals surface area contributed by atoms with Crippen molar-refractivity contribution in [1.82, 2.24) is 0 Å². The van der Waals surface area contributed by atoms with Gasteiger partial charge < -0.3 is 4.74 Å². The quantitative estimate of drug-likeness (QED) is 0.353. The second-order valence-electron chi connectivity index (χ2n) is 4.80. The highest BCUT2D eigenvalue weighted by atomic mass is 31.0. The van der Waals surface area contributed by atoms with Crippen LogP contribution < -0.4 is 0 Å². The van der Waals surface area contributed by atoms with Crippen molar-refractivity contribution >= 4 is 20.9 Å². The predicted octanol–water partition coefficient (Wildman–Crippen LogP) is 4.02. The number of ether oxygens (including phenoxy) is 1. The Balaban J connectivity index is 0.00000151. The molecule has 0 amide bonds. The summed E-state index contributed by atoms with van der Waals surface area (Å²) in [6, 6.07) is 13.2. The molecule has 0 bridgehead atoms. The average molecular weight is 370 g/mol. The van der Waals surface area contributed by atoms with E-state index in [4.69, 9.17) is 4.57 Å². The summed E-state index contributed by atoms with van der Waals surface area (Å²) in [6.45, 7) is 0. The van der Waals surface area contributed by atoms with Crippen LogP contribution in [0.5, 0.6) is 0 Å². The van der Waals surface area contributed by atoms with Crippen molar-refractivity contribution in [3.05, 3.63) is 71.8 Å². The number of methoxy groups -OCH3 is 1. The maximum atomic E-state index is 13.9. The molecule has 0 heterocycles. The molecule has 0 radical (unpaired) electrons. The Kier molecular flexibility index (Phi) is 7.00. The summed E-state index contributed by atoms with van der Waals surface area (Å²) in [5.41, 5.74) is -4.10. The molecular formula is C17H14F3O4P. The van der Waals surface area contributed by atoms with Gasteiger partial charge in [-0.15, -0.1) is 0 Å². The van der Waals surface area contributed by atoms with Crippen molar-refractivity contribution in [1.29, 1.82) is 0 Å². The van der Waals surface area contributed by atoms with Gasteiger partial charge in [0.15, 0.2) is 5.78 Å². The molecule has 132 valence electrons. The van der Waals surface area contributed by atoms with Crippen LogP contribution in [0, 0.1) is 0 Å². The third-order valence-electron chi connectivity index (χ3n) is 3.50. The summed E-state index contributed by atoms with van der Waals surface area (Å²) < 4.78 is 54.2. The van der Waals surface area contributed by atoms with Gasteiger partial charge in [0.2, 0.25) is 5.41 Å². The Morgan fingerprint density at radius 3 is 1.72 bits per heavy atom. The van der Waals surface area contributed by atoms with Crippen molar-refractivity contribution in [3.63, 3.8) is 0 Å². The molecule has 1 atom stereocenters. The van der Waals surface area contributed by atoms with Crippen LogP contribution in [-0.4, -0.2) is 25.0 Å². The van der Waals surface area contributed by atoms with Gasteiger partial charge in [-0.1, -0.05) is 60.7 Å². The van der Waals surface area contributed by atoms with Gasteiger partial charge >= 0.3 is 12.1 Å². The first kappa shape index (κ1) is 20.5. The van der Waals surface area contributed by atoms with Gasteiger partial charge in [-0.05, 0) is 5.56 Å². The van der Waals surface area contributed by atoms with Crippen LogP contribution in [0.2, 0.25) is 0 Å². The lowest BCUT2D eigenvalue weighted by Crippen LogP contribution is -2.55. The second kappa shape index (κ2) is 8.53. The van der Waals surface area contributed by atoms with Gasteiger partial charge in [0.05, 0.1) is 7.11 Å². The van der Waals surface area contributed by atoms with E-state index in [1.807, 2.05) is 0 Å². The van der Waals surface area contributed by atoms with Crippen LogP contribution >= 0.6 is 9.12 Å². The minimum absolute atomic E-state index is 0.223. The Labute approximate surface area is 144 Å². The summed E-state index contributed by atoms with van der Waals surface area (Å²) in [7, 11) is 2.55. The molecule has 0 aliphatic carbocycles. The number of hydrogen-bond acceptors (Lipinski definition) is 4. The van der Waals surface area contributed by atoms with E-state index in [1.54, 1.807) is 15.2 Å². The average Bonchev–Trinajstić information content (AvgIpc) is 2.64. The van der Waals surface area contributed by atoms with E-state index in [-0.39, 0.29) is 5.56 Å². The van der Waals surface area contributed by atoms with Gasteiger partial charge in [0, 0.05) is 5.56 Å². The highest BCUT2D eigenvalue weighted by molar-refractivity contribution is 7.00. The number of rotatable bonds is 4. The molecule has 4 nitrogen and oxygen atoms in total. The van der Waals surface area contributed by atoms with Gasteiger partial charge in [-0.25, -0.2) is 0 Å². The molecule has 2 aromatic rings. The normalized spacial score (nSPS) is 13.0. The van der Waals surface area contributed by atoms with Crippen molar-refractivity contribution in [3.8, 4) is 0 Å². The van der Waals surface area contributed by atoms with Crippen LogP contribution in [0.15, 0.2) is 60.7 Å². The number of carbonyl (C=O) groups excluding carboxylic acids is 2. The molecule has 0 aliphatic heterocycles. The first-order valence-corrected chi connectivity index (χ1v) is 7.27. The molecule has 0 spiro atoms. The molecular weight excluding hydrogens is 356 g/mol. The Bertz CT molecular complexity index is 720. The van der Waals surface area contributed by atoms with Crippen molar-refractivity contribution < 1.29 is 32.1 Å². The van der Waals surface area contributed by atoms with Crippen molar-refractivity contribution in [2.75, 3.05) is 7.11 Å². The Hall–Kier alpha value is -2.53. The fourth-order valence-corrected chi connectivity index (χ4v) is 2.40. The lowest BCUT2D eigenvalue weighted by Gasteiger charge is -2.32. The highest BCUT2D eigenvalue weighted by Crippen LogP contribution is 2.44. The van der Waals surface area contributed by atoms with E-state index in [0.717, 1.165) is 19.2 Å². The van der Waals surface area contributed by atoms with E-state index < -0.39 is 28.9 Å². The Morgan fingerprint density at radius 2 is 1.32 bits per heavy atom. The van der Waals surface area contributed by atoms with Crippen LogP contribution in [0.1, 0.15) is 15.9 Å². The smallest absolute Gasteiger partial charge is 0.416 e. The van der Waals surface area contributed by atoms with Crippen LogP contribution in [0.25, 0.3) is 0 Å². The van der Waals surface area contributed by atoms with Crippen LogP contribution in [0.4, 0.5) is 13.2 Å². The number of Topliss-reactive ketones (excluding diaryl/α,β-unsaturated/α-hetero) is 1. The monoisotopic (exact) mass is 370 g/mol. The van der Waals surface area contributed by atoms with E-state index in [0.29, 0.717) is 0 Å². The molecule has 0 N–H and O–H groups in total. The zero-order valence-electron chi connectivity index (χ0n) is 13.0. The Morgan fingerprint density at radius 1 is 0.880 bits per heavy atom. The SMILES string of the molecule is COC(=O)C(C(=O)c1ccccc1)(c1ccccc1)C(F)(F)F.O=P. The van der Waals surface area contributed by atoms with Gasteiger partial charge in [-0.3, -0.25) is 14.2 Å². The maximum Gasteiger partial charge on any atom is 0.416 e. The van der Waals surface area contributed by atoms with E-state index in [9.17, 15) is 22.8 Å². The minimum atomic E-state index is -5.16. The number of alkyl halides is 3. The van der Waals surface area contributed by atoms with E-state index in [2.05, 4.69) is 4.74 Å². The summed E-state index contributed by atoms with van der Waals surface area (Å²) in [6.07, 6.45) is -5.16. The maximum absolute atomic E-state index is 13.9. The molecule has 1 unspecified atom stereocenters. The summed E-state index contributed by atoms with van der Waals surface area (Å²) >= 11 is 0. The lowest BCUT2D eigenvalue weighted by atomic mass is 9.73. The molecule has 0 fully saturated rings. The van der Waals surface area contributed by atoms with Crippen molar-refractivity contribution in [2.45, 2.75) is 11.6 Å². The zero-order valence-corrected chi connectivity index (χ0v) is 14.0. The standard InChI is InChI=1S/C17H13F3O3.HOP/c1-23-15(22)16(17(18,19)20,13-10-6-3-7-11-13)14(21)12-8-4-2-5-9-12;1-2/h2-11H,1H3;2H. The van der Waals surface area contributed by atoms with Gasteiger partial charge in [0.25, 0.3) is 0 Å². The van der Waals surface area contributed by atoms with Crippen LogP contribution in [-0.2, 0) is 19.5 Å². The largest absolute Gasteiger partial charge is 0.468 e. The number of carbonyl (C=O) groups is 2. The van der Waals surface area contributed by atoms with Gasteiger partial charge in [0.1, 0.15) is 9.12 Å². The van der Waals surface area contributed by atoms with Crippen molar-refractivity contribution in [2.24, 2.45) is 0 Å². The molecule has 0 aromatic heterocycles. The molecule has 8 heteroatoms. The first-order valence-electron chi connectivity index (χ1n) is 6.86. The number of esters is 1. The molecule has 0 saturated carbocycles.